The standard InChI is InChI=1S/C17H15BrO2S/c1-19-15-7-6-12(9-18)8-16(15)20-10-13-11-21-17-5-3-2-4-14(13)17/h2-8,11H,9-10H2,1H3. The smallest absolute Gasteiger partial charge is 0.161 e. The van der Waals surface area contributed by atoms with Crippen molar-refractivity contribution in [1.29, 1.82) is 0 Å². The van der Waals surface area contributed by atoms with Crippen LogP contribution in [-0.4, -0.2) is 7.11 Å². The summed E-state index contributed by atoms with van der Waals surface area (Å²) in [5.41, 5.74) is 2.38. The van der Waals surface area contributed by atoms with E-state index < -0.39 is 0 Å². The van der Waals surface area contributed by atoms with E-state index in [1.165, 1.54) is 21.2 Å². The van der Waals surface area contributed by atoms with Crippen LogP contribution in [0.25, 0.3) is 10.1 Å². The van der Waals surface area contributed by atoms with E-state index in [0.717, 1.165) is 16.8 Å². The van der Waals surface area contributed by atoms with Crippen LogP contribution >= 0.6 is 27.3 Å². The normalized spacial score (nSPS) is 10.8. The molecule has 0 radical (unpaired) electrons. The van der Waals surface area contributed by atoms with E-state index in [1.807, 2.05) is 18.2 Å². The maximum absolute atomic E-state index is 5.98. The zero-order chi connectivity index (χ0) is 14.7. The molecule has 1 aromatic heterocycles. The molecular weight excluding hydrogens is 348 g/mol. The number of thiophene rings is 1. The molecule has 108 valence electrons. The van der Waals surface area contributed by atoms with Gasteiger partial charge in [-0.25, -0.2) is 0 Å². The van der Waals surface area contributed by atoms with Gasteiger partial charge in [-0.15, -0.1) is 11.3 Å². The Hall–Kier alpha value is -1.52. The van der Waals surface area contributed by atoms with Crippen molar-refractivity contribution in [3.05, 3.63) is 59.0 Å². The molecular formula is C17H15BrO2S. The number of fused-ring (bicyclic) bond motifs is 1. The Labute approximate surface area is 136 Å². The summed E-state index contributed by atoms with van der Waals surface area (Å²) >= 11 is 5.21. The number of hydrogen-bond acceptors (Lipinski definition) is 3. The van der Waals surface area contributed by atoms with Gasteiger partial charge < -0.3 is 9.47 Å². The lowest BCUT2D eigenvalue weighted by Crippen LogP contribution is -1.97. The highest BCUT2D eigenvalue weighted by Crippen LogP contribution is 2.31. The van der Waals surface area contributed by atoms with Gasteiger partial charge in [0.1, 0.15) is 6.61 Å². The van der Waals surface area contributed by atoms with Crippen molar-refractivity contribution in [3.8, 4) is 11.5 Å². The van der Waals surface area contributed by atoms with Gasteiger partial charge in [0.25, 0.3) is 0 Å². The minimum Gasteiger partial charge on any atom is -0.493 e. The van der Waals surface area contributed by atoms with Gasteiger partial charge in [0.2, 0.25) is 0 Å². The molecule has 0 aliphatic rings. The predicted molar refractivity (Wildman–Crippen MR) is 91.8 cm³/mol. The number of ether oxygens (including phenoxy) is 2. The Morgan fingerprint density at radius 2 is 1.95 bits per heavy atom. The largest absolute Gasteiger partial charge is 0.493 e. The maximum atomic E-state index is 5.98. The molecule has 2 aromatic carbocycles. The molecule has 1 heterocycles. The zero-order valence-corrected chi connectivity index (χ0v) is 14.0. The van der Waals surface area contributed by atoms with Crippen molar-refractivity contribution in [3.63, 3.8) is 0 Å². The molecule has 21 heavy (non-hydrogen) atoms. The molecule has 4 heteroatoms. The van der Waals surface area contributed by atoms with E-state index in [4.69, 9.17) is 9.47 Å². The molecule has 0 saturated heterocycles. The first-order valence-corrected chi connectivity index (χ1v) is 8.62. The van der Waals surface area contributed by atoms with Gasteiger partial charge in [-0.05, 0) is 34.5 Å². The van der Waals surface area contributed by atoms with Crippen LogP contribution < -0.4 is 9.47 Å². The van der Waals surface area contributed by atoms with Gasteiger partial charge in [-0.3, -0.25) is 0 Å². The van der Waals surface area contributed by atoms with Crippen molar-refractivity contribution < 1.29 is 9.47 Å². The highest BCUT2D eigenvalue weighted by atomic mass is 79.9. The zero-order valence-electron chi connectivity index (χ0n) is 11.6. The number of alkyl halides is 1. The number of halogens is 1. The summed E-state index contributed by atoms with van der Waals surface area (Å²) in [5.74, 6) is 1.55. The summed E-state index contributed by atoms with van der Waals surface area (Å²) in [7, 11) is 1.66. The van der Waals surface area contributed by atoms with Crippen LogP contribution in [0.2, 0.25) is 0 Å². The van der Waals surface area contributed by atoms with E-state index >= 15 is 0 Å². The number of rotatable bonds is 5. The summed E-state index contributed by atoms with van der Waals surface area (Å²) in [6.07, 6.45) is 0. The van der Waals surface area contributed by atoms with Crippen LogP contribution in [0.3, 0.4) is 0 Å². The third kappa shape index (κ3) is 3.06. The van der Waals surface area contributed by atoms with Gasteiger partial charge in [-0.2, -0.15) is 0 Å². The minimum atomic E-state index is 0.548. The van der Waals surface area contributed by atoms with Crippen LogP contribution in [0.15, 0.2) is 47.8 Å². The molecule has 0 spiro atoms. The van der Waals surface area contributed by atoms with Crippen molar-refractivity contribution in [2.75, 3.05) is 7.11 Å². The fraction of sp³-hybridized carbons (Fsp3) is 0.176. The molecule has 0 aliphatic carbocycles. The Morgan fingerprint density at radius 1 is 1.10 bits per heavy atom. The maximum Gasteiger partial charge on any atom is 0.161 e. The minimum absolute atomic E-state index is 0.548. The first kappa shape index (κ1) is 14.4. The van der Waals surface area contributed by atoms with Crippen LogP contribution in [0, 0.1) is 0 Å². The molecule has 3 rings (SSSR count). The quantitative estimate of drug-likeness (QED) is 0.567. The summed E-state index contributed by atoms with van der Waals surface area (Å²) in [4.78, 5) is 0. The lowest BCUT2D eigenvalue weighted by atomic mass is 10.2. The van der Waals surface area contributed by atoms with Crippen LogP contribution in [-0.2, 0) is 11.9 Å². The van der Waals surface area contributed by atoms with Crippen LogP contribution in [0.5, 0.6) is 11.5 Å². The lowest BCUT2D eigenvalue weighted by Gasteiger charge is -2.11. The summed E-state index contributed by atoms with van der Waals surface area (Å²) in [6, 6.07) is 14.4. The van der Waals surface area contributed by atoms with Crippen molar-refractivity contribution >= 4 is 37.4 Å². The fourth-order valence-corrected chi connectivity index (χ4v) is 3.51. The second kappa shape index (κ2) is 6.50. The molecule has 0 bridgehead atoms. The fourth-order valence-electron chi connectivity index (χ4n) is 2.22. The SMILES string of the molecule is COc1ccc(CBr)cc1OCc1csc2ccccc12. The number of hydrogen-bond donors (Lipinski definition) is 0. The highest BCUT2D eigenvalue weighted by molar-refractivity contribution is 9.08. The molecule has 2 nitrogen and oxygen atoms in total. The van der Waals surface area contributed by atoms with Crippen LogP contribution in [0.1, 0.15) is 11.1 Å². The Morgan fingerprint density at radius 3 is 2.76 bits per heavy atom. The van der Waals surface area contributed by atoms with Gasteiger partial charge in [0.05, 0.1) is 7.11 Å². The first-order valence-electron chi connectivity index (χ1n) is 6.62. The van der Waals surface area contributed by atoms with E-state index in [-0.39, 0.29) is 0 Å². The van der Waals surface area contributed by atoms with E-state index in [2.05, 4.69) is 45.6 Å². The third-order valence-electron chi connectivity index (χ3n) is 3.33. The van der Waals surface area contributed by atoms with Gasteiger partial charge >= 0.3 is 0 Å². The lowest BCUT2D eigenvalue weighted by molar-refractivity contribution is 0.286. The Balaban J connectivity index is 1.84. The van der Waals surface area contributed by atoms with Gasteiger partial charge in [0.15, 0.2) is 11.5 Å². The molecule has 0 aliphatic heterocycles. The number of methoxy groups -OCH3 is 1. The first-order chi connectivity index (χ1) is 10.3. The molecule has 0 fully saturated rings. The monoisotopic (exact) mass is 362 g/mol. The van der Waals surface area contributed by atoms with Crippen molar-refractivity contribution in [1.82, 2.24) is 0 Å². The topological polar surface area (TPSA) is 18.5 Å². The van der Waals surface area contributed by atoms with E-state index in [9.17, 15) is 0 Å². The Bertz CT molecular complexity index is 751. The molecule has 3 aromatic rings. The van der Waals surface area contributed by atoms with E-state index in [1.54, 1.807) is 18.4 Å². The van der Waals surface area contributed by atoms with E-state index in [0.29, 0.717) is 6.61 Å². The van der Waals surface area contributed by atoms with Crippen molar-refractivity contribution in [2.24, 2.45) is 0 Å². The summed E-state index contributed by atoms with van der Waals surface area (Å²) in [5, 5.41) is 4.22. The second-order valence-electron chi connectivity index (χ2n) is 4.66. The molecule has 0 atom stereocenters. The molecule has 0 unspecified atom stereocenters. The molecule has 0 N–H and O–H groups in total. The Kier molecular flexibility index (Phi) is 4.46. The van der Waals surface area contributed by atoms with Gasteiger partial charge in [0, 0.05) is 15.6 Å². The third-order valence-corrected chi connectivity index (χ3v) is 4.99. The molecule has 0 amide bonds. The summed E-state index contributed by atoms with van der Waals surface area (Å²) in [6.45, 7) is 0.548. The molecule has 0 saturated carbocycles. The number of benzene rings is 2. The highest BCUT2D eigenvalue weighted by Gasteiger charge is 2.08. The summed E-state index contributed by atoms with van der Waals surface area (Å²) < 4.78 is 12.6. The average molecular weight is 363 g/mol. The van der Waals surface area contributed by atoms with Crippen LogP contribution in [0.4, 0.5) is 0 Å². The predicted octanol–water partition coefficient (Wildman–Crippen LogP) is 5.38. The average Bonchev–Trinajstić information content (AvgIpc) is 2.96. The van der Waals surface area contributed by atoms with Crippen molar-refractivity contribution in [2.45, 2.75) is 11.9 Å². The second-order valence-corrected chi connectivity index (χ2v) is 6.14. The van der Waals surface area contributed by atoms with Gasteiger partial charge in [-0.1, -0.05) is 40.2 Å².